The van der Waals surface area contributed by atoms with Gasteiger partial charge in [-0.3, -0.25) is 18.7 Å². The average molecular weight is 485 g/mol. The van der Waals surface area contributed by atoms with Crippen molar-refractivity contribution < 1.29 is 26.8 Å². The molecule has 0 spiro atoms. The second-order valence-corrected chi connectivity index (χ2v) is 10.3. The third-order valence-corrected chi connectivity index (χ3v) is 8.02. The molecule has 5 rings (SSSR count). The standard InChI is InChI=1S/C23H17F2N3O5S/c1-23(24,25)34(32,33)18-10-8-15-19-13(18)5-4-6-14(19)20(29)28(21(15)30)12-7-9-16-17(11-12)27(3)22(31)26(16)2/h4-11H,1-3H3. The van der Waals surface area contributed by atoms with Crippen LogP contribution in [0.25, 0.3) is 21.8 Å². The largest absolute Gasteiger partial charge is 0.347 e. The SMILES string of the molecule is Cn1c(=O)n(C)c2cc(N3C(=O)c4cccc5c(S(=O)(=O)C(C)(F)F)ccc(c45)C3=O)ccc21. The number of hydrogen-bond acceptors (Lipinski definition) is 5. The van der Waals surface area contributed by atoms with Crippen molar-refractivity contribution in [3.63, 3.8) is 0 Å². The summed E-state index contributed by atoms with van der Waals surface area (Å²) in [6.07, 6.45) is 0. The van der Waals surface area contributed by atoms with E-state index in [4.69, 9.17) is 0 Å². The van der Waals surface area contributed by atoms with E-state index in [2.05, 4.69) is 0 Å². The Morgan fingerprint density at radius 2 is 1.44 bits per heavy atom. The van der Waals surface area contributed by atoms with Gasteiger partial charge in [0.1, 0.15) is 0 Å². The van der Waals surface area contributed by atoms with Crippen molar-refractivity contribution in [3.05, 3.63) is 70.1 Å². The molecular weight excluding hydrogens is 468 g/mol. The van der Waals surface area contributed by atoms with Crippen molar-refractivity contribution in [3.8, 4) is 0 Å². The molecule has 0 aliphatic carbocycles. The van der Waals surface area contributed by atoms with Crippen molar-refractivity contribution in [2.24, 2.45) is 14.1 Å². The van der Waals surface area contributed by atoms with Crippen LogP contribution >= 0.6 is 0 Å². The number of fused-ring (bicyclic) bond motifs is 1. The number of nitrogens with zero attached hydrogens (tertiary/aromatic N) is 3. The van der Waals surface area contributed by atoms with Crippen molar-refractivity contribution in [2.45, 2.75) is 17.1 Å². The molecule has 3 aromatic carbocycles. The first-order chi connectivity index (χ1) is 15.9. The summed E-state index contributed by atoms with van der Waals surface area (Å²) in [6, 6.07) is 10.9. The predicted octanol–water partition coefficient (Wildman–Crippen LogP) is 3.22. The van der Waals surface area contributed by atoms with Crippen LogP contribution in [-0.4, -0.2) is 34.6 Å². The van der Waals surface area contributed by atoms with Gasteiger partial charge in [0.15, 0.2) is 0 Å². The summed E-state index contributed by atoms with van der Waals surface area (Å²) in [5.41, 5.74) is 1.05. The first kappa shape index (κ1) is 22.0. The van der Waals surface area contributed by atoms with Gasteiger partial charge in [0.25, 0.3) is 11.8 Å². The molecule has 0 fully saturated rings. The van der Waals surface area contributed by atoms with Gasteiger partial charge < -0.3 is 0 Å². The smallest absolute Gasteiger partial charge is 0.295 e. The first-order valence-electron chi connectivity index (χ1n) is 10.1. The zero-order chi connectivity index (χ0) is 24.7. The van der Waals surface area contributed by atoms with E-state index in [-0.39, 0.29) is 40.2 Å². The first-order valence-corrected chi connectivity index (χ1v) is 11.6. The highest BCUT2D eigenvalue weighted by atomic mass is 32.2. The molecule has 174 valence electrons. The number of imide groups is 1. The molecule has 2 heterocycles. The topological polar surface area (TPSA) is 98.4 Å². The second-order valence-electron chi connectivity index (χ2n) is 8.17. The number of amides is 2. The van der Waals surface area contributed by atoms with Crippen LogP contribution in [0.5, 0.6) is 0 Å². The summed E-state index contributed by atoms with van der Waals surface area (Å²) in [6.45, 7) is 0.281. The second kappa shape index (κ2) is 6.83. The lowest BCUT2D eigenvalue weighted by Crippen LogP contribution is -2.40. The fourth-order valence-corrected chi connectivity index (χ4v) is 5.46. The molecule has 1 aliphatic heterocycles. The Hall–Kier alpha value is -3.86. The zero-order valence-corrected chi connectivity index (χ0v) is 19.0. The lowest BCUT2D eigenvalue weighted by Gasteiger charge is -2.28. The molecule has 34 heavy (non-hydrogen) atoms. The third kappa shape index (κ3) is 2.73. The zero-order valence-electron chi connectivity index (χ0n) is 18.2. The van der Waals surface area contributed by atoms with E-state index < -0.39 is 31.8 Å². The average Bonchev–Trinajstić information content (AvgIpc) is 3.00. The summed E-state index contributed by atoms with van der Waals surface area (Å²) < 4.78 is 55.5. The summed E-state index contributed by atoms with van der Waals surface area (Å²) >= 11 is 0. The minimum absolute atomic E-state index is 0.00520. The molecule has 0 bridgehead atoms. The van der Waals surface area contributed by atoms with Crippen LogP contribution in [0.1, 0.15) is 27.6 Å². The number of benzene rings is 3. The Balaban J connectivity index is 1.74. The van der Waals surface area contributed by atoms with Crippen LogP contribution < -0.4 is 10.6 Å². The molecule has 11 heteroatoms. The van der Waals surface area contributed by atoms with E-state index in [0.717, 1.165) is 17.0 Å². The minimum atomic E-state index is -5.06. The summed E-state index contributed by atoms with van der Waals surface area (Å²) in [7, 11) is -1.89. The molecule has 1 aliphatic rings. The summed E-state index contributed by atoms with van der Waals surface area (Å²) in [4.78, 5) is 39.3. The molecule has 2 amide bonds. The highest BCUT2D eigenvalue weighted by Gasteiger charge is 2.43. The minimum Gasteiger partial charge on any atom is -0.295 e. The molecule has 0 N–H and O–H groups in total. The molecule has 8 nitrogen and oxygen atoms in total. The van der Waals surface area contributed by atoms with E-state index in [9.17, 15) is 31.6 Å². The summed E-state index contributed by atoms with van der Waals surface area (Å²) in [5, 5.41) is -4.17. The number of carbonyl (C=O) groups is 2. The maximum Gasteiger partial charge on any atom is 0.347 e. The van der Waals surface area contributed by atoms with Gasteiger partial charge in [-0.05, 0) is 36.4 Å². The highest BCUT2D eigenvalue weighted by Crippen LogP contribution is 2.39. The molecule has 0 unspecified atom stereocenters. The molecule has 0 atom stereocenters. The van der Waals surface area contributed by atoms with Gasteiger partial charge in [-0.25, -0.2) is 18.1 Å². The number of rotatable bonds is 3. The Labute approximate surface area is 191 Å². The molecular formula is C23H17F2N3O5S. The molecule has 0 radical (unpaired) electrons. The van der Waals surface area contributed by atoms with Crippen molar-refractivity contribution in [2.75, 3.05) is 4.90 Å². The van der Waals surface area contributed by atoms with Crippen LogP contribution in [-0.2, 0) is 23.9 Å². The van der Waals surface area contributed by atoms with E-state index in [0.29, 0.717) is 11.0 Å². The number of aromatic nitrogens is 2. The van der Waals surface area contributed by atoms with Gasteiger partial charge in [-0.2, -0.15) is 8.78 Å². The lowest BCUT2D eigenvalue weighted by molar-refractivity contribution is 0.0893. The van der Waals surface area contributed by atoms with Crippen LogP contribution in [0.4, 0.5) is 14.5 Å². The third-order valence-electron chi connectivity index (χ3n) is 6.14. The molecule has 4 aromatic rings. The van der Waals surface area contributed by atoms with E-state index in [1.807, 2.05) is 0 Å². The van der Waals surface area contributed by atoms with Gasteiger partial charge in [0.2, 0.25) is 9.84 Å². The maximum absolute atomic E-state index is 13.9. The van der Waals surface area contributed by atoms with Gasteiger partial charge in [-0.1, -0.05) is 12.1 Å². The van der Waals surface area contributed by atoms with Gasteiger partial charge in [0.05, 0.1) is 21.6 Å². The molecule has 0 saturated heterocycles. The number of halogens is 2. The quantitative estimate of drug-likeness (QED) is 0.415. The Kier molecular flexibility index (Phi) is 4.41. The number of sulfone groups is 1. The Morgan fingerprint density at radius 3 is 2.09 bits per heavy atom. The number of anilines is 1. The summed E-state index contributed by atoms with van der Waals surface area (Å²) in [5.74, 6) is -1.47. The van der Waals surface area contributed by atoms with Crippen molar-refractivity contribution >= 4 is 49.1 Å². The lowest BCUT2D eigenvalue weighted by atomic mass is 9.93. The fraction of sp³-hybridized carbons (Fsp3) is 0.174. The molecule has 0 saturated carbocycles. The monoisotopic (exact) mass is 485 g/mol. The van der Waals surface area contributed by atoms with Crippen molar-refractivity contribution in [1.82, 2.24) is 9.13 Å². The normalized spacial score (nSPS) is 14.4. The Morgan fingerprint density at radius 1 is 0.824 bits per heavy atom. The number of carbonyl (C=O) groups excluding carboxylic acids is 2. The van der Waals surface area contributed by atoms with Crippen LogP contribution in [0.3, 0.4) is 0 Å². The number of imidazole rings is 1. The fourth-order valence-electron chi connectivity index (χ4n) is 4.37. The van der Waals surface area contributed by atoms with Crippen molar-refractivity contribution in [1.29, 1.82) is 0 Å². The van der Waals surface area contributed by atoms with Gasteiger partial charge in [0, 0.05) is 42.9 Å². The van der Waals surface area contributed by atoms with Crippen LogP contribution in [0.15, 0.2) is 58.2 Å². The van der Waals surface area contributed by atoms with Gasteiger partial charge in [-0.15, -0.1) is 0 Å². The highest BCUT2D eigenvalue weighted by molar-refractivity contribution is 7.92. The van der Waals surface area contributed by atoms with E-state index in [1.165, 1.54) is 39.5 Å². The van der Waals surface area contributed by atoms with E-state index in [1.54, 1.807) is 20.2 Å². The number of hydrogen-bond donors (Lipinski definition) is 0. The predicted molar refractivity (Wildman–Crippen MR) is 121 cm³/mol. The Bertz CT molecular complexity index is 1720. The van der Waals surface area contributed by atoms with Crippen LogP contribution in [0, 0.1) is 0 Å². The van der Waals surface area contributed by atoms with E-state index >= 15 is 0 Å². The van der Waals surface area contributed by atoms with Crippen LogP contribution in [0.2, 0.25) is 0 Å². The maximum atomic E-state index is 13.9. The number of aryl methyl sites for hydroxylation is 2. The number of alkyl halides is 2. The van der Waals surface area contributed by atoms with Gasteiger partial charge >= 0.3 is 10.9 Å². The molecule has 1 aromatic heterocycles.